The molecule has 0 aliphatic heterocycles. The highest BCUT2D eigenvalue weighted by molar-refractivity contribution is 7.89. The van der Waals surface area contributed by atoms with Gasteiger partial charge in [0.05, 0.1) is 0 Å². The molecule has 118 valence electrons. The maximum absolute atomic E-state index is 13.6. The molecule has 0 radical (unpaired) electrons. The van der Waals surface area contributed by atoms with Crippen molar-refractivity contribution in [2.45, 2.75) is 44.0 Å². The summed E-state index contributed by atoms with van der Waals surface area (Å²) < 4.78 is 52.8. The number of benzene rings is 1. The van der Waals surface area contributed by atoms with E-state index in [0.29, 0.717) is 18.9 Å². The van der Waals surface area contributed by atoms with E-state index in [1.165, 1.54) is 6.92 Å². The molecule has 0 aliphatic carbocycles. The van der Waals surface area contributed by atoms with Crippen molar-refractivity contribution in [3.63, 3.8) is 0 Å². The number of carboxylic acids is 1. The second-order valence-electron chi connectivity index (χ2n) is 4.69. The van der Waals surface area contributed by atoms with Gasteiger partial charge in [0.15, 0.2) is 0 Å². The van der Waals surface area contributed by atoms with Gasteiger partial charge in [0.2, 0.25) is 10.0 Å². The van der Waals surface area contributed by atoms with Crippen molar-refractivity contribution in [2.75, 3.05) is 0 Å². The summed E-state index contributed by atoms with van der Waals surface area (Å²) >= 11 is 0. The molecular formula is C13H17F2NO4S. The maximum atomic E-state index is 13.6. The van der Waals surface area contributed by atoms with Crippen molar-refractivity contribution in [1.29, 1.82) is 0 Å². The second kappa shape index (κ2) is 6.95. The van der Waals surface area contributed by atoms with Crippen LogP contribution in [0.4, 0.5) is 8.78 Å². The molecule has 0 saturated heterocycles. The summed E-state index contributed by atoms with van der Waals surface area (Å²) in [7, 11) is -4.38. The van der Waals surface area contributed by atoms with E-state index in [1.807, 2.05) is 11.6 Å². The molecule has 1 atom stereocenters. The molecule has 0 aromatic heterocycles. The molecular weight excluding hydrogens is 304 g/mol. The Morgan fingerprint density at radius 2 is 1.95 bits per heavy atom. The van der Waals surface area contributed by atoms with E-state index in [2.05, 4.69) is 0 Å². The maximum Gasteiger partial charge on any atom is 0.321 e. The molecule has 0 amide bonds. The van der Waals surface area contributed by atoms with Gasteiger partial charge in [-0.15, -0.1) is 0 Å². The number of carbonyl (C=O) groups is 1. The number of rotatable bonds is 7. The minimum Gasteiger partial charge on any atom is -0.480 e. The first-order chi connectivity index (χ1) is 9.69. The van der Waals surface area contributed by atoms with Gasteiger partial charge in [-0.2, -0.15) is 4.72 Å². The number of unbranched alkanes of at least 4 members (excludes halogenated alkanes) is 1. The van der Waals surface area contributed by atoms with Crippen LogP contribution in [0.3, 0.4) is 0 Å². The van der Waals surface area contributed by atoms with Gasteiger partial charge in [-0.25, -0.2) is 17.2 Å². The van der Waals surface area contributed by atoms with Crippen LogP contribution in [0.25, 0.3) is 0 Å². The Bertz CT molecular complexity index is 631. The molecule has 0 spiro atoms. The molecule has 0 heterocycles. The fourth-order valence-electron chi connectivity index (χ4n) is 1.73. The van der Waals surface area contributed by atoms with E-state index in [4.69, 9.17) is 5.11 Å². The Kier molecular flexibility index (Phi) is 5.79. The van der Waals surface area contributed by atoms with Crippen molar-refractivity contribution in [1.82, 2.24) is 4.72 Å². The number of hydrogen-bond donors (Lipinski definition) is 2. The monoisotopic (exact) mass is 321 g/mol. The number of nitrogens with one attached hydrogen (secondary N) is 1. The minimum absolute atomic E-state index is 0.0443. The summed E-state index contributed by atoms with van der Waals surface area (Å²) in [5, 5.41) is 9.00. The van der Waals surface area contributed by atoms with Gasteiger partial charge >= 0.3 is 5.97 Å². The second-order valence-corrected chi connectivity index (χ2v) is 6.37. The fraction of sp³-hybridized carbons (Fsp3) is 0.462. The van der Waals surface area contributed by atoms with Crippen LogP contribution in [0, 0.1) is 18.6 Å². The minimum atomic E-state index is -4.38. The van der Waals surface area contributed by atoms with Gasteiger partial charge in [-0.05, 0) is 25.0 Å². The van der Waals surface area contributed by atoms with Gasteiger partial charge < -0.3 is 5.11 Å². The van der Waals surface area contributed by atoms with E-state index in [-0.39, 0.29) is 12.0 Å². The number of sulfonamides is 1. The number of aliphatic carboxylic acids is 1. The highest BCUT2D eigenvalue weighted by Gasteiger charge is 2.27. The molecule has 1 aromatic rings. The summed E-state index contributed by atoms with van der Waals surface area (Å²) in [6.07, 6.45) is 1.28. The number of carboxylic acid groups (broad SMARTS) is 1. The SMILES string of the molecule is CCCC[C@H](NS(=O)(=O)c1cc(C)c(F)cc1F)C(=O)O. The van der Waals surface area contributed by atoms with Crippen LogP contribution in [0.2, 0.25) is 0 Å². The van der Waals surface area contributed by atoms with Crippen molar-refractivity contribution in [3.8, 4) is 0 Å². The van der Waals surface area contributed by atoms with E-state index in [0.717, 1.165) is 6.07 Å². The van der Waals surface area contributed by atoms with Crippen molar-refractivity contribution >= 4 is 16.0 Å². The third-order valence-electron chi connectivity index (χ3n) is 2.94. The zero-order valence-electron chi connectivity index (χ0n) is 11.7. The molecule has 0 aliphatic rings. The molecule has 0 fully saturated rings. The normalized spacial score (nSPS) is 13.1. The van der Waals surface area contributed by atoms with Crippen LogP contribution < -0.4 is 4.72 Å². The number of hydrogen-bond acceptors (Lipinski definition) is 3. The van der Waals surface area contributed by atoms with Crippen LogP contribution >= 0.6 is 0 Å². The van der Waals surface area contributed by atoms with Crippen molar-refractivity contribution < 1.29 is 27.1 Å². The first-order valence-corrected chi connectivity index (χ1v) is 7.88. The average molecular weight is 321 g/mol. The van der Waals surface area contributed by atoms with Gasteiger partial charge in [-0.3, -0.25) is 4.79 Å². The Balaban J connectivity index is 3.10. The number of aryl methyl sites for hydroxylation is 1. The van der Waals surface area contributed by atoms with E-state index >= 15 is 0 Å². The largest absolute Gasteiger partial charge is 0.480 e. The summed E-state index contributed by atoms with van der Waals surface area (Å²) in [5.74, 6) is -3.47. The summed E-state index contributed by atoms with van der Waals surface area (Å²) in [4.78, 5) is 10.3. The Morgan fingerprint density at radius 1 is 1.33 bits per heavy atom. The zero-order valence-corrected chi connectivity index (χ0v) is 12.5. The lowest BCUT2D eigenvalue weighted by Crippen LogP contribution is -2.41. The Labute approximate surface area is 122 Å². The quantitative estimate of drug-likeness (QED) is 0.806. The van der Waals surface area contributed by atoms with Crippen LogP contribution in [-0.2, 0) is 14.8 Å². The van der Waals surface area contributed by atoms with Crippen molar-refractivity contribution in [3.05, 3.63) is 29.3 Å². The molecule has 0 saturated carbocycles. The summed E-state index contributed by atoms with van der Waals surface area (Å²) in [5.41, 5.74) is -0.0443. The van der Waals surface area contributed by atoms with Crippen molar-refractivity contribution in [2.24, 2.45) is 0 Å². The summed E-state index contributed by atoms with van der Waals surface area (Å²) in [6.45, 7) is 3.12. The highest BCUT2D eigenvalue weighted by atomic mass is 32.2. The topological polar surface area (TPSA) is 83.5 Å². The lowest BCUT2D eigenvalue weighted by molar-refractivity contribution is -0.139. The standard InChI is InChI=1S/C13H17F2NO4S/c1-3-4-5-11(13(17)18)16-21(19,20)12-6-8(2)9(14)7-10(12)15/h6-7,11,16H,3-5H2,1-2H3,(H,17,18)/t11-/m0/s1. The van der Waals surface area contributed by atoms with E-state index < -0.39 is 38.6 Å². The summed E-state index contributed by atoms with van der Waals surface area (Å²) in [6, 6.07) is -0.0445. The molecule has 8 heteroatoms. The average Bonchev–Trinajstić information content (AvgIpc) is 2.38. The van der Waals surface area contributed by atoms with Gasteiger partial charge in [0.25, 0.3) is 0 Å². The lowest BCUT2D eigenvalue weighted by Gasteiger charge is -2.15. The third kappa shape index (κ3) is 4.47. The molecule has 1 rings (SSSR count). The van der Waals surface area contributed by atoms with Gasteiger partial charge in [-0.1, -0.05) is 19.8 Å². The Hall–Kier alpha value is -1.54. The van der Waals surface area contributed by atoms with Crippen LogP contribution in [0.15, 0.2) is 17.0 Å². The molecule has 0 bridgehead atoms. The van der Waals surface area contributed by atoms with Crippen LogP contribution in [-0.4, -0.2) is 25.5 Å². The van der Waals surface area contributed by atoms with E-state index in [1.54, 1.807) is 0 Å². The van der Waals surface area contributed by atoms with Gasteiger partial charge in [0.1, 0.15) is 22.6 Å². The first kappa shape index (κ1) is 17.5. The molecule has 5 nitrogen and oxygen atoms in total. The molecule has 21 heavy (non-hydrogen) atoms. The van der Waals surface area contributed by atoms with Crippen LogP contribution in [0.1, 0.15) is 31.7 Å². The lowest BCUT2D eigenvalue weighted by atomic mass is 10.1. The highest BCUT2D eigenvalue weighted by Crippen LogP contribution is 2.19. The number of halogens is 2. The predicted octanol–water partition coefficient (Wildman–Crippen LogP) is 2.19. The fourth-order valence-corrected chi connectivity index (χ4v) is 3.10. The van der Waals surface area contributed by atoms with Crippen LogP contribution in [0.5, 0.6) is 0 Å². The first-order valence-electron chi connectivity index (χ1n) is 6.39. The third-order valence-corrected chi connectivity index (χ3v) is 4.43. The molecule has 1 aromatic carbocycles. The molecule has 0 unspecified atom stereocenters. The Morgan fingerprint density at radius 3 is 2.48 bits per heavy atom. The van der Waals surface area contributed by atoms with Gasteiger partial charge in [0, 0.05) is 6.07 Å². The van der Waals surface area contributed by atoms with E-state index in [9.17, 15) is 22.0 Å². The smallest absolute Gasteiger partial charge is 0.321 e. The molecule has 2 N–H and O–H groups in total. The predicted molar refractivity (Wildman–Crippen MR) is 72.4 cm³/mol. The zero-order chi connectivity index (χ0) is 16.2.